The molecule has 0 aliphatic carbocycles. The van der Waals surface area contributed by atoms with Gasteiger partial charge in [0.1, 0.15) is 17.7 Å². The number of alkyl halides is 3. The molecule has 2 heterocycles. The van der Waals surface area contributed by atoms with E-state index in [1.165, 1.54) is 9.80 Å². The van der Waals surface area contributed by atoms with E-state index in [1.807, 2.05) is 0 Å². The van der Waals surface area contributed by atoms with Crippen LogP contribution in [0.5, 0.6) is 0 Å². The maximum atomic E-state index is 14.0. The molecule has 5 nitrogen and oxygen atoms in total. The molecule has 2 fully saturated rings. The van der Waals surface area contributed by atoms with E-state index >= 15 is 0 Å². The van der Waals surface area contributed by atoms with E-state index < -0.39 is 42.5 Å². The highest BCUT2D eigenvalue weighted by Crippen LogP contribution is 2.26. The third kappa shape index (κ3) is 5.81. The van der Waals surface area contributed by atoms with Gasteiger partial charge in [-0.05, 0) is 49.4 Å². The molecule has 3 rings (SSSR count). The van der Waals surface area contributed by atoms with E-state index in [1.54, 1.807) is 0 Å². The van der Waals surface area contributed by atoms with Gasteiger partial charge in [-0.25, -0.2) is 13.6 Å². The number of urea groups is 1. The largest absolute Gasteiger partial charge is 0.405 e. The average molecular weight is 434 g/mol. The zero-order valence-electron chi connectivity index (χ0n) is 16.7. The molecule has 1 aromatic carbocycles. The third-order valence-electron chi connectivity index (χ3n) is 5.77. The minimum Gasteiger partial charge on any atom is -0.336 e. The van der Waals surface area contributed by atoms with Crippen molar-refractivity contribution < 1.29 is 26.7 Å². The number of nitrogens with one attached hydrogen (secondary N) is 2. The number of carbonyl (C=O) groups is 1. The van der Waals surface area contributed by atoms with Gasteiger partial charge in [-0.1, -0.05) is 0 Å². The summed E-state index contributed by atoms with van der Waals surface area (Å²) in [7, 11) is 0. The van der Waals surface area contributed by atoms with Crippen molar-refractivity contribution in [2.75, 3.05) is 39.3 Å². The van der Waals surface area contributed by atoms with Crippen molar-refractivity contribution in [3.8, 4) is 0 Å². The SMILES string of the molecule is O=C(NCC(N1CCNCC1)C(F)(F)F)N1CCCCC1Cc1cc(F)ccc1F. The molecule has 2 N–H and O–H groups in total. The van der Waals surface area contributed by atoms with E-state index in [0.717, 1.165) is 31.0 Å². The summed E-state index contributed by atoms with van der Waals surface area (Å²) in [4.78, 5) is 15.5. The topological polar surface area (TPSA) is 47.6 Å². The standard InChI is InChI=1S/C20H27F5N4O/c21-15-4-5-17(22)14(11-15)12-16-3-1-2-8-29(16)19(30)27-13-18(20(23,24)25)28-9-6-26-7-10-28/h4-5,11,16,18,26H,1-3,6-10,12-13H2,(H,27,30). The second-order valence-electron chi connectivity index (χ2n) is 7.81. The Bertz CT molecular complexity index is 724. The fourth-order valence-corrected chi connectivity index (χ4v) is 4.16. The number of benzene rings is 1. The molecule has 168 valence electrons. The van der Waals surface area contributed by atoms with Gasteiger partial charge in [0.15, 0.2) is 0 Å². The molecule has 0 saturated carbocycles. The van der Waals surface area contributed by atoms with E-state index in [0.29, 0.717) is 26.1 Å². The maximum Gasteiger partial charge on any atom is 0.405 e. The molecule has 30 heavy (non-hydrogen) atoms. The van der Waals surface area contributed by atoms with Crippen molar-refractivity contribution in [3.05, 3.63) is 35.4 Å². The van der Waals surface area contributed by atoms with Crippen molar-refractivity contribution in [1.29, 1.82) is 0 Å². The molecule has 0 spiro atoms. The third-order valence-corrected chi connectivity index (χ3v) is 5.77. The monoisotopic (exact) mass is 434 g/mol. The Balaban J connectivity index is 1.64. The molecule has 0 aromatic heterocycles. The Morgan fingerprint density at radius 2 is 1.90 bits per heavy atom. The van der Waals surface area contributed by atoms with Crippen LogP contribution in [0.3, 0.4) is 0 Å². The summed E-state index contributed by atoms with van der Waals surface area (Å²) in [5, 5.41) is 5.45. The molecule has 0 bridgehead atoms. The van der Waals surface area contributed by atoms with Crippen LogP contribution in [0.1, 0.15) is 24.8 Å². The fraction of sp³-hybridized carbons (Fsp3) is 0.650. The lowest BCUT2D eigenvalue weighted by molar-refractivity contribution is -0.183. The molecule has 2 atom stereocenters. The Morgan fingerprint density at radius 3 is 2.60 bits per heavy atom. The quantitative estimate of drug-likeness (QED) is 0.701. The number of halogens is 5. The van der Waals surface area contributed by atoms with Crippen LogP contribution in [-0.4, -0.2) is 73.4 Å². The fourth-order valence-electron chi connectivity index (χ4n) is 4.16. The number of hydrogen-bond donors (Lipinski definition) is 2. The predicted octanol–water partition coefficient (Wildman–Crippen LogP) is 2.91. The van der Waals surface area contributed by atoms with Gasteiger partial charge in [0.2, 0.25) is 0 Å². The van der Waals surface area contributed by atoms with Gasteiger partial charge in [0, 0.05) is 45.3 Å². The first-order chi connectivity index (χ1) is 14.3. The first-order valence-corrected chi connectivity index (χ1v) is 10.3. The van der Waals surface area contributed by atoms with Crippen molar-refractivity contribution in [2.45, 2.75) is 43.9 Å². The molecule has 2 aliphatic rings. The van der Waals surface area contributed by atoms with Crippen LogP contribution in [0.2, 0.25) is 0 Å². The summed E-state index contributed by atoms with van der Waals surface area (Å²) in [6, 6.07) is 0.424. The van der Waals surface area contributed by atoms with E-state index in [2.05, 4.69) is 10.6 Å². The van der Waals surface area contributed by atoms with Gasteiger partial charge < -0.3 is 15.5 Å². The summed E-state index contributed by atoms with van der Waals surface area (Å²) < 4.78 is 68.1. The minimum absolute atomic E-state index is 0.123. The van der Waals surface area contributed by atoms with Crippen LogP contribution < -0.4 is 10.6 Å². The zero-order valence-corrected chi connectivity index (χ0v) is 16.7. The Kier molecular flexibility index (Phi) is 7.51. The van der Waals surface area contributed by atoms with Crippen molar-refractivity contribution in [2.24, 2.45) is 0 Å². The van der Waals surface area contributed by atoms with Crippen LogP contribution in [0.25, 0.3) is 0 Å². The molecule has 2 saturated heterocycles. The van der Waals surface area contributed by atoms with Crippen molar-refractivity contribution >= 4 is 6.03 Å². The van der Waals surface area contributed by atoms with Crippen molar-refractivity contribution in [3.63, 3.8) is 0 Å². The normalized spacial score (nSPS) is 22.0. The smallest absolute Gasteiger partial charge is 0.336 e. The second-order valence-corrected chi connectivity index (χ2v) is 7.81. The first kappa shape index (κ1) is 22.7. The summed E-state index contributed by atoms with van der Waals surface area (Å²) in [6.45, 7) is 1.27. The number of nitrogens with zero attached hydrogens (tertiary/aromatic N) is 2. The van der Waals surface area contributed by atoms with Crippen LogP contribution in [0.4, 0.5) is 26.7 Å². The van der Waals surface area contributed by atoms with E-state index in [9.17, 15) is 26.7 Å². The number of amides is 2. The molecule has 0 radical (unpaired) electrons. The van der Waals surface area contributed by atoms with Crippen LogP contribution in [-0.2, 0) is 6.42 Å². The van der Waals surface area contributed by atoms with Crippen molar-refractivity contribution in [1.82, 2.24) is 20.4 Å². The van der Waals surface area contributed by atoms with Gasteiger partial charge in [-0.15, -0.1) is 0 Å². The van der Waals surface area contributed by atoms with Crippen LogP contribution in [0, 0.1) is 11.6 Å². The number of rotatable bonds is 5. The van der Waals surface area contributed by atoms with Gasteiger partial charge in [0.25, 0.3) is 0 Å². The number of likely N-dealkylation sites (tertiary alicyclic amines) is 1. The zero-order chi connectivity index (χ0) is 21.7. The molecule has 10 heteroatoms. The van der Waals surface area contributed by atoms with E-state index in [4.69, 9.17) is 0 Å². The van der Waals surface area contributed by atoms with Crippen LogP contribution >= 0.6 is 0 Å². The molecule has 1 aromatic rings. The number of hydrogen-bond acceptors (Lipinski definition) is 3. The molecule has 2 amide bonds. The maximum absolute atomic E-state index is 14.0. The second kappa shape index (κ2) is 9.91. The number of piperazine rings is 1. The lowest BCUT2D eigenvalue weighted by Gasteiger charge is -2.38. The highest BCUT2D eigenvalue weighted by atomic mass is 19.4. The van der Waals surface area contributed by atoms with E-state index in [-0.39, 0.29) is 25.1 Å². The van der Waals surface area contributed by atoms with Gasteiger partial charge in [0.05, 0.1) is 0 Å². The highest BCUT2D eigenvalue weighted by Gasteiger charge is 2.44. The molecular formula is C20H27F5N4O. The highest BCUT2D eigenvalue weighted by molar-refractivity contribution is 5.74. The average Bonchev–Trinajstić information content (AvgIpc) is 2.71. The van der Waals surface area contributed by atoms with Crippen LogP contribution in [0.15, 0.2) is 18.2 Å². The van der Waals surface area contributed by atoms with Gasteiger partial charge in [-0.2, -0.15) is 13.2 Å². The summed E-state index contributed by atoms with van der Waals surface area (Å²) in [5.41, 5.74) is 0.161. The molecule has 2 unspecified atom stereocenters. The van der Waals surface area contributed by atoms with Gasteiger partial charge >= 0.3 is 12.2 Å². The predicted molar refractivity (Wildman–Crippen MR) is 102 cm³/mol. The minimum atomic E-state index is -4.46. The molecular weight excluding hydrogens is 407 g/mol. The lowest BCUT2D eigenvalue weighted by Crippen LogP contribution is -2.59. The Labute approximate surface area is 172 Å². The first-order valence-electron chi connectivity index (χ1n) is 10.3. The molecule has 2 aliphatic heterocycles. The summed E-state index contributed by atoms with van der Waals surface area (Å²) in [6.07, 6.45) is -2.22. The van der Waals surface area contributed by atoms with Gasteiger partial charge in [-0.3, -0.25) is 4.90 Å². The number of carbonyl (C=O) groups excluding carboxylic acids is 1. The number of piperidine rings is 1. The Morgan fingerprint density at radius 1 is 1.17 bits per heavy atom. The lowest BCUT2D eigenvalue weighted by atomic mass is 9.95. The summed E-state index contributed by atoms with van der Waals surface area (Å²) >= 11 is 0. The Hall–Kier alpha value is -1.94. The summed E-state index contributed by atoms with van der Waals surface area (Å²) in [5.74, 6) is -1.12.